The maximum absolute atomic E-state index is 13.4. The summed E-state index contributed by atoms with van der Waals surface area (Å²) in [6.45, 7) is 7.40. The molecule has 1 saturated carbocycles. The molecule has 1 aliphatic rings. The van der Waals surface area contributed by atoms with E-state index >= 15 is 0 Å². The van der Waals surface area contributed by atoms with Crippen molar-refractivity contribution in [1.82, 2.24) is 5.32 Å². The van der Waals surface area contributed by atoms with Crippen LogP contribution in [-0.4, -0.2) is 12.6 Å². The van der Waals surface area contributed by atoms with Gasteiger partial charge in [0, 0.05) is 6.04 Å². The molecule has 17 heavy (non-hydrogen) atoms. The molecule has 0 saturated heterocycles. The first kappa shape index (κ1) is 12.6. The number of aryl methyl sites for hydroxylation is 1. The fourth-order valence-corrected chi connectivity index (χ4v) is 2.17. The van der Waals surface area contributed by atoms with Crippen molar-refractivity contribution in [3.05, 3.63) is 35.1 Å². The van der Waals surface area contributed by atoms with Crippen molar-refractivity contribution in [2.24, 2.45) is 5.92 Å². The molecule has 2 atom stereocenters. The topological polar surface area (TPSA) is 12.0 Å². The lowest BCUT2D eigenvalue weighted by molar-refractivity contribution is 0.444. The minimum Gasteiger partial charge on any atom is -0.314 e. The van der Waals surface area contributed by atoms with Crippen molar-refractivity contribution < 1.29 is 4.39 Å². The Kier molecular flexibility index (Phi) is 3.82. The molecule has 1 aromatic carbocycles. The number of nitrogens with one attached hydrogen (secondary N) is 1. The number of hydrogen-bond acceptors (Lipinski definition) is 1. The molecule has 0 aliphatic heterocycles. The van der Waals surface area contributed by atoms with E-state index in [1.807, 2.05) is 6.92 Å². The Morgan fingerprint density at radius 3 is 2.59 bits per heavy atom. The van der Waals surface area contributed by atoms with Gasteiger partial charge in [-0.25, -0.2) is 4.39 Å². The van der Waals surface area contributed by atoms with Crippen molar-refractivity contribution in [3.63, 3.8) is 0 Å². The highest BCUT2D eigenvalue weighted by atomic mass is 19.1. The molecular weight excluding hydrogens is 213 g/mol. The smallest absolute Gasteiger partial charge is 0.123 e. The molecule has 2 heteroatoms. The lowest BCUT2D eigenvalue weighted by atomic mass is 9.88. The number of rotatable bonds is 5. The Labute approximate surface area is 103 Å². The summed E-state index contributed by atoms with van der Waals surface area (Å²) in [5.41, 5.74) is 2.13. The van der Waals surface area contributed by atoms with Crippen LogP contribution in [0.2, 0.25) is 0 Å². The lowest BCUT2D eigenvalue weighted by Gasteiger charge is -2.21. The minimum absolute atomic E-state index is 0.116. The third kappa shape index (κ3) is 3.53. The minimum atomic E-state index is -0.116. The van der Waals surface area contributed by atoms with Crippen LogP contribution in [0.1, 0.15) is 43.7 Å². The second kappa shape index (κ2) is 5.18. The number of halogens is 1. The number of benzene rings is 1. The monoisotopic (exact) mass is 235 g/mol. The molecule has 0 heterocycles. The maximum Gasteiger partial charge on any atom is 0.123 e. The van der Waals surface area contributed by atoms with E-state index in [9.17, 15) is 4.39 Å². The largest absolute Gasteiger partial charge is 0.314 e. The summed E-state index contributed by atoms with van der Waals surface area (Å²) >= 11 is 0. The van der Waals surface area contributed by atoms with Gasteiger partial charge >= 0.3 is 0 Å². The second-order valence-corrected chi connectivity index (χ2v) is 5.51. The molecule has 0 radical (unpaired) electrons. The zero-order valence-electron chi connectivity index (χ0n) is 11.0. The SMILES string of the molecule is Cc1cc(F)cc(C(C)C(C)CNC2CC2)c1. The van der Waals surface area contributed by atoms with Crippen molar-refractivity contribution in [2.45, 2.75) is 45.6 Å². The summed E-state index contributed by atoms with van der Waals surface area (Å²) in [5, 5.41) is 3.54. The van der Waals surface area contributed by atoms with Gasteiger partial charge < -0.3 is 5.32 Å². The summed E-state index contributed by atoms with van der Waals surface area (Å²) in [6, 6.07) is 6.11. The summed E-state index contributed by atoms with van der Waals surface area (Å²) in [4.78, 5) is 0. The van der Waals surface area contributed by atoms with Gasteiger partial charge in [0.15, 0.2) is 0 Å². The Morgan fingerprint density at radius 1 is 1.29 bits per heavy atom. The average Bonchev–Trinajstić information content (AvgIpc) is 3.07. The Balaban J connectivity index is 1.98. The third-order valence-electron chi connectivity index (χ3n) is 3.75. The summed E-state index contributed by atoms with van der Waals surface area (Å²) in [7, 11) is 0. The first-order valence-corrected chi connectivity index (χ1v) is 6.56. The van der Waals surface area contributed by atoms with E-state index in [0.29, 0.717) is 11.8 Å². The van der Waals surface area contributed by atoms with Gasteiger partial charge in [0.25, 0.3) is 0 Å². The van der Waals surface area contributed by atoms with Crippen LogP contribution in [0.5, 0.6) is 0 Å². The summed E-state index contributed by atoms with van der Waals surface area (Å²) in [6.07, 6.45) is 2.64. The lowest BCUT2D eigenvalue weighted by Crippen LogP contribution is -2.26. The maximum atomic E-state index is 13.4. The van der Waals surface area contributed by atoms with Crippen molar-refractivity contribution in [2.75, 3.05) is 6.54 Å². The van der Waals surface area contributed by atoms with Crippen LogP contribution in [0.4, 0.5) is 4.39 Å². The predicted molar refractivity (Wildman–Crippen MR) is 69.7 cm³/mol. The van der Waals surface area contributed by atoms with E-state index in [0.717, 1.165) is 23.7 Å². The molecule has 94 valence electrons. The van der Waals surface area contributed by atoms with Crippen LogP contribution in [-0.2, 0) is 0 Å². The van der Waals surface area contributed by atoms with Gasteiger partial charge in [-0.15, -0.1) is 0 Å². The zero-order valence-corrected chi connectivity index (χ0v) is 11.0. The van der Waals surface area contributed by atoms with Gasteiger partial charge in [0.1, 0.15) is 5.82 Å². The third-order valence-corrected chi connectivity index (χ3v) is 3.75. The summed E-state index contributed by atoms with van der Waals surface area (Å²) < 4.78 is 13.4. The predicted octanol–water partition coefficient (Wildman–Crippen LogP) is 3.63. The normalized spacial score (nSPS) is 19.1. The second-order valence-electron chi connectivity index (χ2n) is 5.51. The van der Waals surface area contributed by atoms with Crippen molar-refractivity contribution in [3.8, 4) is 0 Å². The fourth-order valence-electron chi connectivity index (χ4n) is 2.17. The van der Waals surface area contributed by atoms with Gasteiger partial charge in [0.2, 0.25) is 0 Å². The first-order valence-electron chi connectivity index (χ1n) is 6.56. The molecule has 0 bridgehead atoms. The highest BCUT2D eigenvalue weighted by Gasteiger charge is 2.22. The molecule has 1 aromatic rings. The van der Waals surface area contributed by atoms with Crippen molar-refractivity contribution in [1.29, 1.82) is 0 Å². The first-order chi connectivity index (χ1) is 8.06. The van der Waals surface area contributed by atoms with E-state index in [1.54, 1.807) is 12.1 Å². The highest BCUT2D eigenvalue weighted by Crippen LogP contribution is 2.26. The standard InChI is InChI=1S/C15H22FN/c1-10-6-13(8-14(16)7-10)12(3)11(2)9-17-15-4-5-15/h6-8,11-12,15,17H,4-5,9H2,1-3H3. The number of hydrogen-bond donors (Lipinski definition) is 1. The molecule has 1 aliphatic carbocycles. The van der Waals surface area contributed by atoms with E-state index in [2.05, 4.69) is 25.2 Å². The van der Waals surface area contributed by atoms with Gasteiger partial charge in [0.05, 0.1) is 0 Å². The zero-order chi connectivity index (χ0) is 12.4. The highest BCUT2D eigenvalue weighted by molar-refractivity contribution is 5.26. The van der Waals surface area contributed by atoms with E-state index in [-0.39, 0.29) is 5.82 Å². The molecule has 0 spiro atoms. The van der Waals surface area contributed by atoms with E-state index in [4.69, 9.17) is 0 Å². The molecule has 2 unspecified atom stereocenters. The van der Waals surface area contributed by atoms with Gasteiger partial charge in [-0.1, -0.05) is 19.9 Å². The molecule has 1 fully saturated rings. The van der Waals surface area contributed by atoms with Crippen LogP contribution in [0.25, 0.3) is 0 Å². The molecule has 1 N–H and O–H groups in total. The van der Waals surface area contributed by atoms with Gasteiger partial charge in [-0.05, 0) is 61.4 Å². The molecule has 1 nitrogen and oxygen atoms in total. The van der Waals surface area contributed by atoms with Crippen LogP contribution in [0.15, 0.2) is 18.2 Å². The van der Waals surface area contributed by atoms with Crippen molar-refractivity contribution >= 4 is 0 Å². The van der Waals surface area contributed by atoms with Crippen LogP contribution < -0.4 is 5.32 Å². The Hall–Kier alpha value is -0.890. The summed E-state index contributed by atoms with van der Waals surface area (Å²) in [5.74, 6) is 0.821. The van der Waals surface area contributed by atoms with Gasteiger partial charge in [-0.3, -0.25) is 0 Å². The molecule has 0 aromatic heterocycles. The van der Waals surface area contributed by atoms with E-state index < -0.39 is 0 Å². The quantitative estimate of drug-likeness (QED) is 0.822. The average molecular weight is 235 g/mol. The van der Waals surface area contributed by atoms with Crippen LogP contribution in [0, 0.1) is 18.7 Å². The Bertz CT molecular complexity index is 364. The molecule has 0 amide bonds. The van der Waals surface area contributed by atoms with Crippen LogP contribution >= 0.6 is 0 Å². The van der Waals surface area contributed by atoms with E-state index in [1.165, 1.54) is 12.8 Å². The molecular formula is C15H22FN. The Morgan fingerprint density at radius 2 is 2.00 bits per heavy atom. The van der Waals surface area contributed by atoms with Gasteiger partial charge in [-0.2, -0.15) is 0 Å². The van der Waals surface area contributed by atoms with Crippen LogP contribution in [0.3, 0.4) is 0 Å². The molecule has 2 rings (SSSR count). The fraction of sp³-hybridized carbons (Fsp3) is 0.600.